The third kappa shape index (κ3) is 5.12. The van der Waals surface area contributed by atoms with Crippen LogP contribution in [0.5, 0.6) is 0 Å². The first-order valence-electron chi connectivity index (χ1n) is 15.4. The number of ether oxygens (including phenoxy) is 2. The van der Waals surface area contributed by atoms with Gasteiger partial charge in [0.15, 0.2) is 0 Å². The van der Waals surface area contributed by atoms with Crippen LogP contribution in [0, 0.1) is 5.92 Å². The molecule has 7 N–H and O–H groups in total. The minimum Gasteiger partial charge on any atom is -0.387 e. The maximum Gasteiger partial charge on any atom is 0.142 e. The molecule has 4 fully saturated rings. The van der Waals surface area contributed by atoms with E-state index < -0.39 is 24.5 Å². The Bertz CT molecular complexity index is 1130. The number of rotatable bonds is 9. The van der Waals surface area contributed by atoms with Gasteiger partial charge in [-0.3, -0.25) is 15.2 Å². The topological polar surface area (TPSA) is 143 Å². The molecular weight excluding hydrogens is 524 g/mol. The summed E-state index contributed by atoms with van der Waals surface area (Å²) in [5.41, 5.74) is 9.96. The average molecular weight is 571 g/mol. The summed E-state index contributed by atoms with van der Waals surface area (Å²) in [6.07, 6.45) is 1.87. The maximum absolute atomic E-state index is 11.0. The fourth-order valence-electron chi connectivity index (χ4n) is 7.48. The van der Waals surface area contributed by atoms with Crippen LogP contribution in [0.25, 0.3) is 0 Å². The number of benzene rings is 1. The molecule has 7 atom stereocenters. The molecule has 7 rings (SSSR count). The summed E-state index contributed by atoms with van der Waals surface area (Å²) < 4.78 is 11.7. The molecule has 12 heteroatoms. The highest BCUT2D eigenvalue weighted by Gasteiger charge is 2.53. The molecule has 6 aliphatic rings. The number of nitrogens with zero attached hydrogens (tertiary/aromatic N) is 4. The number of aliphatic hydroxyl groups excluding tert-OH is 2. The Morgan fingerprint density at radius 1 is 1.12 bits per heavy atom. The van der Waals surface area contributed by atoms with Crippen molar-refractivity contribution in [1.82, 2.24) is 20.0 Å². The first-order chi connectivity index (χ1) is 19.9. The Labute approximate surface area is 242 Å². The molecule has 0 radical (unpaired) electrons. The van der Waals surface area contributed by atoms with E-state index in [4.69, 9.17) is 15.2 Å². The molecule has 3 unspecified atom stereocenters. The fourth-order valence-corrected chi connectivity index (χ4v) is 7.48. The molecular formula is C29H46N8O4. The zero-order chi connectivity index (χ0) is 28.2. The van der Waals surface area contributed by atoms with Crippen LogP contribution in [0.15, 0.2) is 23.2 Å². The molecule has 1 aromatic rings. The number of aliphatic hydroxyl groups is 2. The van der Waals surface area contributed by atoms with Gasteiger partial charge in [-0.25, -0.2) is 4.90 Å². The van der Waals surface area contributed by atoms with Crippen molar-refractivity contribution in [3.8, 4) is 0 Å². The number of likely N-dealkylation sites (N-methyl/N-ethyl adjacent to an activating group) is 2. The third-order valence-electron chi connectivity index (χ3n) is 10.3. The van der Waals surface area contributed by atoms with Gasteiger partial charge in [0, 0.05) is 18.5 Å². The van der Waals surface area contributed by atoms with Crippen molar-refractivity contribution in [3.63, 3.8) is 0 Å². The third-order valence-corrected chi connectivity index (χ3v) is 10.3. The minimum atomic E-state index is -0.976. The molecule has 5 aliphatic heterocycles. The number of hydrogen-bond donors (Lipinski definition) is 6. The molecule has 0 spiro atoms. The summed E-state index contributed by atoms with van der Waals surface area (Å²) in [7, 11) is 2.11. The number of nitrogens with one attached hydrogen (secondary N) is 3. The van der Waals surface area contributed by atoms with Gasteiger partial charge < -0.3 is 41.0 Å². The van der Waals surface area contributed by atoms with E-state index in [1.165, 1.54) is 23.4 Å². The highest BCUT2D eigenvalue weighted by molar-refractivity contribution is 5.87. The van der Waals surface area contributed by atoms with Crippen molar-refractivity contribution in [2.75, 3.05) is 57.3 Å². The second kappa shape index (κ2) is 11.2. The normalized spacial score (nSPS) is 39.0. The van der Waals surface area contributed by atoms with Gasteiger partial charge in [0.2, 0.25) is 0 Å². The molecule has 12 nitrogen and oxygen atoms in total. The number of anilines is 2. The molecule has 1 aliphatic carbocycles. The van der Waals surface area contributed by atoms with E-state index in [0.717, 1.165) is 39.0 Å². The lowest BCUT2D eigenvalue weighted by molar-refractivity contribution is -0.124. The van der Waals surface area contributed by atoms with Crippen LogP contribution in [0.3, 0.4) is 0 Å². The molecule has 1 saturated carbocycles. The zero-order valence-electron chi connectivity index (χ0n) is 24.2. The highest BCUT2D eigenvalue weighted by atomic mass is 16.6. The Morgan fingerprint density at radius 3 is 2.68 bits per heavy atom. The first kappa shape index (κ1) is 27.8. The van der Waals surface area contributed by atoms with E-state index in [2.05, 4.69) is 67.8 Å². The van der Waals surface area contributed by atoms with E-state index >= 15 is 0 Å². The molecule has 41 heavy (non-hydrogen) atoms. The molecule has 5 heterocycles. The lowest BCUT2D eigenvalue weighted by atomic mass is 9.76. The van der Waals surface area contributed by atoms with Crippen molar-refractivity contribution in [2.45, 2.75) is 87.5 Å². The van der Waals surface area contributed by atoms with E-state index in [0.29, 0.717) is 43.6 Å². The number of amidine groups is 1. The minimum absolute atomic E-state index is 0.0516. The second-order valence-electron chi connectivity index (χ2n) is 12.8. The van der Waals surface area contributed by atoms with Gasteiger partial charge in [0.05, 0.1) is 56.3 Å². The Kier molecular flexibility index (Phi) is 7.61. The smallest absolute Gasteiger partial charge is 0.142 e. The summed E-state index contributed by atoms with van der Waals surface area (Å²) in [6.45, 7) is 6.22. The van der Waals surface area contributed by atoms with Crippen LogP contribution in [0.2, 0.25) is 0 Å². The predicted octanol–water partition coefficient (Wildman–Crippen LogP) is 0.109. The SMILES string of the molecule is CCN1CN=C(N)C2NCN([C@@H]3O[C@H](CN(C)[C@H]4C[C@H](CCC5Nc6ccc(C7COC7)cc6N5)C4)[C@@H](O)[C@H]3O)C21. The van der Waals surface area contributed by atoms with Crippen LogP contribution < -0.4 is 21.7 Å². The Hall–Kier alpha value is -2.03. The van der Waals surface area contributed by atoms with Crippen LogP contribution in [0.1, 0.15) is 44.1 Å². The number of hydrogen-bond acceptors (Lipinski definition) is 12. The highest BCUT2D eigenvalue weighted by Crippen LogP contribution is 2.39. The van der Waals surface area contributed by atoms with Crippen molar-refractivity contribution in [3.05, 3.63) is 23.8 Å². The van der Waals surface area contributed by atoms with Crippen LogP contribution >= 0.6 is 0 Å². The van der Waals surface area contributed by atoms with Gasteiger partial charge in [-0.05, 0) is 62.9 Å². The Morgan fingerprint density at radius 2 is 1.93 bits per heavy atom. The predicted molar refractivity (Wildman–Crippen MR) is 156 cm³/mol. The second-order valence-corrected chi connectivity index (χ2v) is 12.8. The maximum atomic E-state index is 11.0. The molecule has 3 saturated heterocycles. The number of nitrogens with two attached hydrogens (primary N) is 1. The summed E-state index contributed by atoms with van der Waals surface area (Å²) in [5, 5.41) is 32.7. The van der Waals surface area contributed by atoms with E-state index in [1.807, 2.05) is 0 Å². The van der Waals surface area contributed by atoms with E-state index in [1.54, 1.807) is 0 Å². The quantitative estimate of drug-likeness (QED) is 0.241. The molecule has 0 bridgehead atoms. The standard InChI is InChI=1S/C29H46N8O4/c1-3-36-14-32-27(30)24-28(36)37(15-31-24)29-26(39)25(38)22(41-29)11-35(2)19-8-16(9-19)4-7-23-33-20-6-5-17(10-21(20)34-23)18-12-40-13-18/h5-6,10,16,18-19,22-26,28-29,31,33-34,38-39H,3-4,7-9,11-15H2,1-2H3,(H2,30,32)/t16-,19-,22-,23?,24?,25-,26-,28?,29-/m1/s1. The van der Waals surface area contributed by atoms with Gasteiger partial charge in [0.1, 0.15) is 30.4 Å². The lowest BCUT2D eigenvalue weighted by Crippen LogP contribution is -2.61. The van der Waals surface area contributed by atoms with Crippen LogP contribution in [-0.4, -0.2) is 126 Å². The van der Waals surface area contributed by atoms with E-state index in [9.17, 15) is 10.2 Å². The van der Waals surface area contributed by atoms with Crippen molar-refractivity contribution in [2.24, 2.45) is 16.6 Å². The van der Waals surface area contributed by atoms with Crippen LogP contribution in [-0.2, 0) is 9.47 Å². The zero-order valence-corrected chi connectivity index (χ0v) is 24.2. The summed E-state index contributed by atoms with van der Waals surface area (Å²) >= 11 is 0. The summed E-state index contributed by atoms with van der Waals surface area (Å²) in [6, 6.07) is 7.07. The summed E-state index contributed by atoms with van der Waals surface area (Å²) in [4.78, 5) is 11.1. The molecule has 1 aromatic carbocycles. The van der Waals surface area contributed by atoms with Gasteiger partial charge in [-0.1, -0.05) is 13.0 Å². The molecule has 0 aromatic heterocycles. The van der Waals surface area contributed by atoms with E-state index in [-0.39, 0.29) is 18.4 Å². The van der Waals surface area contributed by atoms with Gasteiger partial charge in [0.25, 0.3) is 0 Å². The van der Waals surface area contributed by atoms with Crippen molar-refractivity contribution >= 4 is 17.2 Å². The number of fused-ring (bicyclic) bond motifs is 2. The average Bonchev–Trinajstić information content (AvgIpc) is 3.59. The lowest BCUT2D eigenvalue weighted by Gasteiger charge is -2.43. The first-order valence-corrected chi connectivity index (χ1v) is 15.4. The van der Waals surface area contributed by atoms with Crippen molar-refractivity contribution in [1.29, 1.82) is 0 Å². The van der Waals surface area contributed by atoms with Gasteiger partial charge in [-0.2, -0.15) is 0 Å². The monoisotopic (exact) mass is 570 g/mol. The molecule has 226 valence electrons. The molecule has 0 amide bonds. The number of aliphatic imine (C=N–C) groups is 1. The summed E-state index contributed by atoms with van der Waals surface area (Å²) in [5.74, 6) is 1.83. The fraction of sp³-hybridized carbons (Fsp3) is 0.759. The van der Waals surface area contributed by atoms with Crippen molar-refractivity contribution < 1.29 is 19.7 Å². The van der Waals surface area contributed by atoms with Gasteiger partial charge in [-0.15, -0.1) is 0 Å². The largest absolute Gasteiger partial charge is 0.387 e. The van der Waals surface area contributed by atoms with Gasteiger partial charge >= 0.3 is 0 Å². The van der Waals surface area contributed by atoms with Crippen LogP contribution in [0.4, 0.5) is 11.4 Å². The Balaban J connectivity index is 0.867.